The Morgan fingerprint density at radius 3 is 2.33 bits per heavy atom. The number of carbonyl (C=O) groups is 1. The van der Waals surface area contributed by atoms with Crippen LogP contribution in [0.4, 0.5) is 11.4 Å². The second-order valence-electron chi connectivity index (χ2n) is 6.04. The molecule has 0 aliphatic rings. The van der Waals surface area contributed by atoms with E-state index in [1.54, 1.807) is 7.11 Å². The molecule has 138 valence electrons. The van der Waals surface area contributed by atoms with Crippen LogP contribution in [0.15, 0.2) is 72.8 Å². The van der Waals surface area contributed by atoms with Crippen LogP contribution in [0.1, 0.15) is 5.56 Å². The summed E-state index contributed by atoms with van der Waals surface area (Å²) in [5.74, 6) is 2.04. The third-order valence-corrected chi connectivity index (χ3v) is 3.91. The minimum Gasteiger partial charge on any atom is -0.495 e. The highest BCUT2D eigenvalue weighted by Gasteiger charge is 2.07. The van der Waals surface area contributed by atoms with Crippen LogP contribution < -0.4 is 20.1 Å². The van der Waals surface area contributed by atoms with Crippen LogP contribution >= 0.6 is 0 Å². The van der Waals surface area contributed by atoms with E-state index in [1.807, 2.05) is 79.7 Å². The fourth-order valence-corrected chi connectivity index (χ4v) is 2.57. The van der Waals surface area contributed by atoms with Crippen LogP contribution in [0.2, 0.25) is 0 Å². The molecule has 3 aromatic rings. The Morgan fingerprint density at radius 1 is 0.926 bits per heavy atom. The summed E-state index contributed by atoms with van der Waals surface area (Å²) in [4.78, 5) is 12.2. The van der Waals surface area contributed by atoms with Gasteiger partial charge < -0.3 is 20.1 Å². The predicted octanol–water partition coefficient (Wildman–Crippen LogP) is 4.85. The van der Waals surface area contributed by atoms with Gasteiger partial charge in [-0.15, -0.1) is 0 Å². The lowest BCUT2D eigenvalue weighted by Gasteiger charge is -2.12. The van der Waals surface area contributed by atoms with Gasteiger partial charge in [-0.2, -0.15) is 0 Å². The first kappa shape index (κ1) is 18.3. The number of benzene rings is 3. The van der Waals surface area contributed by atoms with Gasteiger partial charge in [-0.1, -0.05) is 24.3 Å². The molecule has 0 aliphatic carbocycles. The molecule has 0 saturated heterocycles. The van der Waals surface area contributed by atoms with Crippen molar-refractivity contribution in [2.24, 2.45) is 0 Å². The number of amides is 1. The summed E-state index contributed by atoms with van der Waals surface area (Å²) >= 11 is 0. The number of para-hydroxylation sites is 1. The standard InChI is InChI=1S/C22H22N2O3/c1-16-8-13-21(26-2)20(14-16)23-15-22(25)24-17-9-11-19(12-10-17)27-18-6-4-3-5-7-18/h3-14,23H,15H2,1-2H3,(H,24,25). The molecular formula is C22H22N2O3. The molecule has 5 heteroatoms. The lowest BCUT2D eigenvalue weighted by molar-refractivity contribution is -0.114. The molecule has 3 rings (SSSR count). The maximum absolute atomic E-state index is 12.2. The first-order valence-corrected chi connectivity index (χ1v) is 8.65. The molecule has 3 aromatic carbocycles. The molecule has 0 spiro atoms. The molecule has 0 heterocycles. The number of methoxy groups -OCH3 is 1. The number of aryl methyl sites for hydroxylation is 1. The van der Waals surface area contributed by atoms with E-state index in [0.717, 1.165) is 17.0 Å². The van der Waals surface area contributed by atoms with Gasteiger partial charge in [0, 0.05) is 5.69 Å². The van der Waals surface area contributed by atoms with E-state index >= 15 is 0 Å². The quantitative estimate of drug-likeness (QED) is 0.631. The third-order valence-electron chi connectivity index (χ3n) is 3.91. The normalized spacial score (nSPS) is 10.1. The average molecular weight is 362 g/mol. The number of carbonyl (C=O) groups excluding carboxylic acids is 1. The van der Waals surface area contributed by atoms with Crippen molar-refractivity contribution in [1.82, 2.24) is 0 Å². The molecule has 0 aliphatic heterocycles. The minimum absolute atomic E-state index is 0.141. The molecule has 0 unspecified atom stereocenters. The molecule has 0 fully saturated rings. The fraction of sp³-hybridized carbons (Fsp3) is 0.136. The van der Waals surface area contributed by atoms with Crippen molar-refractivity contribution in [3.05, 3.63) is 78.4 Å². The molecule has 0 atom stereocenters. The van der Waals surface area contributed by atoms with E-state index in [2.05, 4.69) is 10.6 Å². The molecule has 2 N–H and O–H groups in total. The van der Waals surface area contributed by atoms with E-state index in [4.69, 9.17) is 9.47 Å². The number of ether oxygens (including phenoxy) is 2. The summed E-state index contributed by atoms with van der Waals surface area (Å²) in [6.45, 7) is 2.13. The van der Waals surface area contributed by atoms with Gasteiger partial charge in [-0.3, -0.25) is 4.79 Å². The van der Waals surface area contributed by atoms with Gasteiger partial charge in [-0.05, 0) is 61.0 Å². The van der Waals surface area contributed by atoms with Crippen molar-refractivity contribution in [2.75, 3.05) is 24.3 Å². The molecule has 1 amide bonds. The van der Waals surface area contributed by atoms with Crippen LogP contribution in [0.3, 0.4) is 0 Å². The van der Waals surface area contributed by atoms with E-state index in [-0.39, 0.29) is 12.5 Å². The van der Waals surface area contributed by atoms with Gasteiger partial charge in [-0.25, -0.2) is 0 Å². The number of rotatable bonds is 7. The van der Waals surface area contributed by atoms with Crippen molar-refractivity contribution >= 4 is 17.3 Å². The molecule has 0 saturated carbocycles. The van der Waals surface area contributed by atoms with Crippen molar-refractivity contribution in [2.45, 2.75) is 6.92 Å². The first-order valence-electron chi connectivity index (χ1n) is 8.65. The lowest BCUT2D eigenvalue weighted by Crippen LogP contribution is -2.21. The Morgan fingerprint density at radius 2 is 1.63 bits per heavy atom. The monoisotopic (exact) mass is 362 g/mol. The number of hydrogen-bond donors (Lipinski definition) is 2. The number of hydrogen-bond acceptors (Lipinski definition) is 4. The van der Waals surface area contributed by atoms with Gasteiger partial charge in [0.25, 0.3) is 0 Å². The molecule has 0 aromatic heterocycles. The Kier molecular flexibility index (Phi) is 5.94. The summed E-state index contributed by atoms with van der Waals surface area (Å²) in [6.07, 6.45) is 0. The van der Waals surface area contributed by atoms with E-state index in [9.17, 15) is 4.79 Å². The van der Waals surface area contributed by atoms with Crippen molar-refractivity contribution in [3.8, 4) is 17.2 Å². The third kappa shape index (κ3) is 5.25. The zero-order chi connectivity index (χ0) is 19.1. The molecule has 0 bridgehead atoms. The Bertz CT molecular complexity index is 893. The van der Waals surface area contributed by atoms with Crippen molar-refractivity contribution in [3.63, 3.8) is 0 Å². The molecule has 27 heavy (non-hydrogen) atoms. The zero-order valence-electron chi connectivity index (χ0n) is 15.4. The molecule has 0 radical (unpaired) electrons. The predicted molar refractivity (Wildman–Crippen MR) is 108 cm³/mol. The average Bonchev–Trinajstić information content (AvgIpc) is 2.69. The van der Waals surface area contributed by atoms with Crippen LogP contribution in [-0.2, 0) is 4.79 Å². The van der Waals surface area contributed by atoms with E-state index in [1.165, 1.54) is 0 Å². The minimum atomic E-state index is -0.143. The topological polar surface area (TPSA) is 59.6 Å². The Balaban J connectivity index is 1.54. The second-order valence-corrected chi connectivity index (χ2v) is 6.04. The maximum Gasteiger partial charge on any atom is 0.243 e. The summed E-state index contributed by atoms with van der Waals surface area (Å²) in [7, 11) is 1.61. The van der Waals surface area contributed by atoms with Gasteiger partial charge in [0.2, 0.25) is 5.91 Å². The highest BCUT2D eigenvalue weighted by molar-refractivity contribution is 5.94. The van der Waals surface area contributed by atoms with Crippen LogP contribution in [-0.4, -0.2) is 19.6 Å². The smallest absolute Gasteiger partial charge is 0.243 e. The molecule has 5 nitrogen and oxygen atoms in total. The van der Waals surface area contributed by atoms with E-state index < -0.39 is 0 Å². The lowest BCUT2D eigenvalue weighted by atomic mass is 10.2. The fourth-order valence-electron chi connectivity index (χ4n) is 2.57. The summed E-state index contributed by atoms with van der Waals surface area (Å²) in [5.41, 5.74) is 2.59. The maximum atomic E-state index is 12.2. The number of nitrogens with one attached hydrogen (secondary N) is 2. The van der Waals surface area contributed by atoms with Crippen molar-refractivity contribution < 1.29 is 14.3 Å². The molecular weight excluding hydrogens is 340 g/mol. The van der Waals surface area contributed by atoms with E-state index in [0.29, 0.717) is 17.2 Å². The number of anilines is 2. The van der Waals surface area contributed by atoms with Crippen LogP contribution in [0, 0.1) is 6.92 Å². The summed E-state index contributed by atoms with van der Waals surface area (Å²) in [5, 5.41) is 5.96. The second kappa shape index (κ2) is 8.76. The van der Waals surface area contributed by atoms with Gasteiger partial charge in [0.05, 0.1) is 19.3 Å². The van der Waals surface area contributed by atoms with Crippen LogP contribution in [0.5, 0.6) is 17.2 Å². The highest BCUT2D eigenvalue weighted by Crippen LogP contribution is 2.25. The SMILES string of the molecule is COc1ccc(C)cc1NCC(=O)Nc1ccc(Oc2ccccc2)cc1. The largest absolute Gasteiger partial charge is 0.495 e. The van der Waals surface area contributed by atoms with Crippen molar-refractivity contribution in [1.29, 1.82) is 0 Å². The summed E-state index contributed by atoms with van der Waals surface area (Å²) in [6, 6.07) is 22.6. The Hall–Kier alpha value is -3.47. The highest BCUT2D eigenvalue weighted by atomic mass is 16.5. The van der Waals surface area contributed by atoms with Gasteiger partial charge in [0.15, 0.2) is 0 Å². The zero-order valence-corrected chi connectivity index (χ0v) is 15.4. The van der Waals surface area contributed by atoms with Gasteiger partial charge in [0.1, 0.15) is 17.2 Å². The van der Waals surface area contributed by atoms with Crippen LogP contribution in [0.25, 0.3) is 0 Å². The van der Waals surface area contributed by atoms with Gasteiger partial charge >= 0.3 is 0 Å². The first-order chi connectivity index (χ1) is 13.1. The Labute approximate surface area is 158 Å². The summed E-state index contributed by atoms with van der Waals surface area (Å²) < 4.78 is 11.0.